The fraction of sp³-hybridized carbons (Fsp3) is 0.125. The highest BCUT2D eigenvalue weighted by Crippen LogP contribution is 2.20. The van der Waals surface area contributed by atoms with Gasteiger partial charge in [0.05, 0.1) is 0 Å². The van der Waals surface area contributed by atoms with Crippen LogP contribution in [0.2, 0.25) is 0 Å². The Kier molecular flexibility index (Phi) is 4.00. The maximum absolute atomic E-state index is 5.73. The molecule has 0 bridgehead atoms. The summed E-state index contributed by atoms with van der Waals surface area (Å²) < 4.78 is 0. The van der Waals surface area contributed by atoms with E-state index in [1.807, 2.05) is 6.07 Å². The van der Waals surface area contributed by atoms with E-state index < -0.39 is 0 Å². The molecule has 0 unspecified atom stereocenters. The van der Waals surface area contributed by atoms with Gasteiger partial charge in [0.15, 0.2) is 0 Å². The van der Waals surface area contributed by atoms with E-state index >= 15 is 0 Å². The first-order chi connectivity index (χ1) is 8.29. The molecule has 0 radical (unpaired) electrons. The number of hydrogen-bond acceptors (Lipinski definition) is 0. The number of benzene rings is 2. The van der Waals surface area contributed by atoms with Crippen molar-refractivity contribution in [3.63, 3.8) is 0 Å². The van der Waals surface area contributed by atoms with Crippen molar-refractivity contribution in [3.8, 4) is 11.1 Å². The van der Waals surface area contributed by atoms with Gasteiger partial charge >= 0.3 is 0 Å². The highest BCUT2D eigenvalue weighted by molar-refractivity contribution is 6.19. The van der Waals surface area contributed by atoms with Gasteiger partial charge < -0.3 is 0 Å². The van der Waals surface area contributed by atoms with Crippen molar-refractivity contribution in [1.82, 2.24) is 0 Å². The molecular weight excluding hydrogens is 228 g/mol. The Bertz CT molecular complexity index is 483. The van der Waals surface area contributed by atoms with Crippen molar-refractivity contribution in [2.45, 2.75) is 6.42 Å². The number of rotatable bonds is 4. The summed E-state index contributed by atoms with van der Waals surface area (Å²) in [5, 5.41) is 0. The van der Waals surface area contributed by atoms with Gasteiger partial charge in [-0.3, -0.25) is 0 Å². The van der Waals surface area contributed by atoms with Crippen LogP contribution in [0.25, 0.3) is 11.1 Å². The monoisotopic (exact) mass is 242 g/mol. The van der Waals surface area contributed by atoms with Crippen molar-refractivity contribution in [2.24, 2.45) is 0 Å². The topological polar surface area (TPSA) is 0 Å². The average Bonchev–Trinajstić information content (AvgIpc) is 2.40. The third-order valence-corrected chi connectivity index (χ3v) is 3.08. The molecule has 17 heavy (non-hydrogen) atoms. The molecule has 0 saturated carbocycles. The molecule has 0 spiro atoms. The summed E-state index contributed by atoms with van der Waals surface area (Å²) in [6.45, 7) is 3.92. The Morgan fingerprint density at radius 3 is 2.06 bits per heavy atom. The lowest BCUT2D eigenvalue weighted by Crippen LogP contribution is -1.90. The zero-order valence-electron chi connectivity index (χ0n) is 9.70. The SMILES string of the molecule is C=C(CCl)Cc1ccc(-c2ccccc2)cc1. The molecule has 0 aromatic heterocycles. The summed E-state index contributed by atoms with van der Waals surface area (Å²) in [4.78, 5) is 0. The summed E-state index contributed by atoms with van der Waals surface area (Å²) in [6.07, 6.45) is 0.860. The summed E-state index contributed by atoms with van der Waals surface area (Å²) >= 11 is 5.73. The molecule has 0 aliphatic rings. The van der Waals surface area contributed by atoms with Crippen LogP contribution in [0, 0.1) is 0 Å². The van der Waals surface area contributed by atoms with E-state index in [9.17, 15) is 0 Å². The quantitative estimate of drug-likeness (QED) is 0.539. The standard InChI is InChI=1S/C16H15Cl/c1-13(12-17)11-14-7-9-16(10-8-14)15-5-3-2-4-6-15/h2-10H,1,11-12H2. The molecule has 0 aliphatic carbocycles. The van der Waals surface area contributed by atoms with E-state index in [1.165, 1.54) is 16.7 Å². The van der Waals surface area contributed by atoms with Gasteiger partial charge in [0.1, 0.15) is 0 Å². The van der Waals surface area contributed by atoms with Crippen LogP contribution in [0.1, 0.15) is 5.56 Å². The summed E-state index contributed by atoms with van der Waals surface area (Å²) in [5.41, 5.74) is 4.80. The molecular formula is C16H15Cl. The van der Waals surface area contributed by atoms with Crippen molar-refractivity contribution in [3.05, 3.63) is 72.3 Å². The van der Waals surface area contributed by atoms with Gasteiger partial charge in [0, 0.05) is 5.88 Å². The van der Waals surface area contributed by atoms with E-state index in [-0.39, 0.29) is 0 Å². The maximum Gasteiger partial charge on any atom is 0.0434 e. The van der Waals surface area contributed by atoms with Crippen LogP contribution in [0.3, 0.4) is 0 Å². The molecule has 0 amide bonds. The van der Waals surface area contributed by atoms with Crippen LogP contribution in [0.5, 0.6) is 0 Å². The predicted octanol–water partition coefficient (Wildman–Crippen LogP) is 4.69. The van der Waals surface area contributed by atoms with Crippen LogP contribution in [0.15, 0.2) is 66.7 Å². The first kappa shape index (κ1) is 11.9. The summed E-state index contributed by atoms with van der Waals surface area (Å²) in [7, 11) is 0. The molecule has 2 aromatic carbocycles. The Labute approximate surface area is 108 Å². The van der Waals surface area contributed by atoms with Crippen molar-refractivity contribution >= 4 is 11.6 Å². The number of halogens is 1. The van der Waals surface area contributed by atoms with Gasteiger partial charge in [-0.15, -0.1) is 11.6 Å². The molecule has 0 atom stereocenters. The number of hydrogen-bond donors (Lipinski definition) is 0. The van der Waals surface area contributed by atoms with E-state index in [2.05, 4.69) is 55.1 Å². The van der Waals surface area contributed by atoms with Crippen molar-refractivity contribution in [1.29, 1.82) is 0 Å². The van der Waals surface area contributed by atoms with Gasteiger partial charge in [-0.05, 0) is 23.1 Å². The van der Waals surface area contributed by atoms with Crippen LogP contribution in [-0.2, 0) is 6.42 Å². The second-order valence-corrected chi connectivity index (χ2v) is 4.39. The highest BCUT2D eigenvalue weighted by atomic mass is 35.5. The van der Waals surface area contributed by atoms with Gasteiger partial charge in [0.2, 0.25) is 0 Å². The van der Waals surface area contributed by atoms with E-state index in [4.69, 9.17) is 11.6 Å². The zero-order valence-corrected chi connectivity index (χ0v) is 10.5. The lowest BCUT2D eigenvalue weighted by molar-refractivity contribution is 1.16. The smallest absolute Gasteiger partial charge is 0.0434 e. The Morgan fingerprint density at radius 1 is 0.882 bits per heavy atom. The highest BCUT2D eigenvalue weighted by Gasteiger charge is 1.99. The molecule has 0 heterocycles. The minimum Gasteiger partial charge on any atom is -0.122 e. The first-order valence-electron chi connectivity index (χ1n) is 5.66. The Hall–Kier alpha value is -1.53. The first-order valence-corrected chi connectivity index (χ1v) is 6.20. The minimum atomic E-state index is 0.528. The second-order valence-electron chi connectivity index (χ2n) is 4.12. The fourth-order valence-corrected chi connectivity index (χ4v) is 1.88. The molecule has 1 heteroatoms. The third kappa shape index (κ3) is 3.21. The van der Waals surface area contributed by atoms with Gasteiger partial charge in [0.25, 0.3) is 0 Å². The lowest BCUT2D eigenvalue weighted by Gasteiger charge is -2.05. The van der Waals surface area contributed by atoms with Crippen LogP contribution in [-0.4, -0.2) is 5.88 Å². The fourth-order valence-electron chi connectivity index (χ4n) is 1.78. The second kappa shape index (κ2) is 5.70. The predicted molar refractivity (Wildman–Crippen MR) is 75.4 cm³/mol. The molecule has 0 saturated heterocycles. The van der Waals surface area contributed by atoms with Gasteiger partial charge in [-0.1, -0.05) is 66.7 Å². The summed E-state index contributed by atoms with van der Waals surface area (Å²) in [5.74, 6) is 0.528. The van der Waals surface area contributed by atoms with Crippen LogP contribution >= 0.6 is 11.6 Å². The van der Waals surface area contributed by atoms with E-state index in [0.29, 0.717) is 5.88 Å². The maximum atomic E-state index is 5.73. The molecule has 2 aromatic rings. The third-order valence-electron chi connectivity index (χ3n) is 2.70. The van der Waals surface area contributed by atoms with Crippen molar-refractivity contribution < 1.29 is 0 Å². The van der Waals surface area contributed by atoms with Crippen LogP contribution in [0.4, 0.5) is 0 Å². The molecule has 0 fully saturated rings. The lowest BCUT2D eigenvalue weighted by atomic mass is 10.0. The van der Waals surface area contributed by atoms with Crippen LogP contribution < -0.4 is 0 Å². The van der Waals surface area contributed by atoms with E-state index in [0.717, 1.165) is 12.0 Å². The number of allylic oxidation sites excluding steroid dienone is 1. The Morgan fingerprint density at radius 2 is 1.47 bits per heavy atom. The largest absolute Gasteiger partial charge is 0.122 e. The molecule has 86 valence electrons. The van der Waals surface area contributed by atoms with Gasteiger partial charge in [-0.2, -0.15) is 0 Å². The minimum absolute atomic E-state index is 0.528. The van der Waals surface area contributed by atoms with Crippen molar-refractivity contribution in [2.75, 3.05) is 5.88 Å². The average molecular weight is 243 g/mol. The Balaban J connectivity index is 2.16. The van der Waals surface area contributed by atoms with E-state index in [1.54, 1.807) is 0 Å². The summed E-state index contributed by atoms with van der Waals surface area (Å²) in [6, 6.07) is 18.9. The molecule has 0 N–H and O–H groups in total. The molecule has 0 aliphatic heterocycles. The van der Waals surface area contributed by atoms with Gasteiger partial charge in [-0.25, -0.2) is 0 Å². The zero-order chi connectivity index (χ0) is 12.1. The molecule has 0 nitrogen and oxygen atoms in total. The molecule has 2 rings (SSSR count). The normalized spacial score (nSPS) is 10.2. The number of alkyl halides is 1.